The van der Waals surface area contributed by atoms with Gasteiger partial charge in [-0.25, -0.2) is 4.79 Å². The maximum absolute atomic E-state index is 11.9. The number of urea groups is 1. The predicted octanol–water partition coefficient (Wildman–Crippen LogP) is 0.540. The van der Waals surface area contributed by atoms with Crippen molar-refractivity contribution in [3.63, 3.8) is 0 Å². The first kappa shape index (κ1) is 15.0. The van der Waals surface area contributed by atoms with E-state index >= 15 is 0 Å². The Bertz CT molecular complexity index is 587. The zero-order chi connectivity index (χ0) is 15.8. The molecule has 0 aliphatic carbocycles. The van der Waals surface area contributed by atoms with Crippen molar-refractivity contribution in [2.45, 2.75) is 26.2 Å². The van der Waals surface area contributed by atoms with Crippen LogP contribution in [0.25, 0.3) is 0 Å². The van der Waals surface area contributed by atoms with Crippen LogP contribution >= 0.6 is 0 Å². The van der Waals surface area contributed by atoms with Gasteiger partial charge in [-0.05, 0) is 0 Å². The number of carbonyl (C=O) groups excluding carboxylic acids is 3. The van der Waals surface area contributed by atoms with Gasteiger partial charge in [-0.15, -0.1) is 0 Å². The first-order valence-corrected chi connectivity index (χ1v) is 6.59. The molecule has 2 heterocycles. The first-order chi connectivity index (χ1) is 9.68. The molecule has 2 rings (SSSR count). The highest BCUT2D eigenvalue weighted by Gasteiger charge is 2.34. The molecule has 4 amide bonds. The molecule has 1 fully saturated rings. The highest BCUT2D eigenvalue weighted by molar-refractivity contribution is 6.06. The SMILES string of the molecule is CN1CC(=O)N(CC(=O)Nc2cc(C(C)(C)C)[nH]n2)C1=O. The Morgan fingerprint density at radius 1 is 1.43 bits per heavy atom. The van der Waals surface area contributed by atoms with Gasteiger partial charge in [0.05, 0.1) is 0 Å². The third-order valence-electron chi connectivity index (χ3n) is 3.19. The van der Waals surface area contributed by atoms with Gasteiger partial charge in [0.2, 0.25) is 5.91 Å². The van der Waals surface area contributed by atoms with Crippen LogP contribution in [0, 0.1) is 0 Å². The number of hydrogen-bond donors (Lipinski definition) is 2. The summed E-state index contributed by atoms with van der Waals surface area (Å²) in [5.41, 5.74) is 0.769. The molecule has 2 N–H and O–H groups in total. The Kier molecular flexibility index (Phi) is 3.71. The van der Waals surface area contributed by atoms with Gasteiger partial charge >= 0.3 is 6.03 Å². The fourth-order valence-electron chi connectivity index (χ4n) is 1.92. The van der Waals surface area contributed by atoms with Crippen LogP contribution in [0.2, 0.25) is 0 Å². The van der Waals surface area contributed by atoms with Crippen molar-refractivity contribution in [1.82, 2.24) is 20.0 Å². The zero-order valence-electron chi connectivity index (χ0n) is 12.6. The normalized spacial score (nSPS) is 15.8. The molecule has 1 aromatic heterocycles. The number of carbonyl (C=O) groups is 3. The molecule has 0 unspecified atom stereocenters. The summed E-state index contributed by atoms with van der Waals surface area (Å²) < 4.78 is 0. The summed E-state index contributed by atoms with van der Waals surface area (Å²) in [7, 11) is 1.52. The topological polar surface area (TPSA) is 98.4 Å². The van der Waals surface area contributed by atoms with Crippen LogP contribution in [0.3, 0.4) is 0 Å². The van der Waals surface area contributed by atoms with Crippen molar-refractivity contribution in [3.8, 4) is 0 Å². The van der Waals surface area contributed by atoms with E-state index in [1.807, 2.05) is 20.8 Å². The Hall–Kier alpha value is -2.38. The molecular weight excluding hydrogens is 274 g/mol. The Morgan fingerprint density at radius 2 is 2.10 bits per heavy atom. The number of amides is 4. The quantitative estimate of drug-likeness (QED) is 0.795. The van der Waals surface area contributed by atoms with E-state index in [2.05, 4.69) is 15.5 Å². The number of H-pyrrole nitrogens is 1. The number of rotatable bonds is 3. The minimum atomic E-state index is -0.465. The minimum absolute atomic E-state index is 0.00267. The fraction of sp³-hybridized carbons (Fsp3) is 0.538. The van der Waals surface area contributed by atoms with Crippen LogP contribution < -0.4 is 5.32 Å². The number of aromatic nitrogens is 2. The summed E-state index contributed by atoms with van der Waals surface area (Å²) in [6, 6.07) is 1.27. The van der Waals surface area contributed by atoms with Gasteiger partial charge in [0.25, 0.3) is 5.91 Å². The van der Waals surface area contributed by atoms with Crippen molar-refractivity contribution in [3.05, 3.63) is 11.8 Å². The largest absolute Gasteiger partial charge is 0.327 e. The Balaban J connectivity index is 1.98. The lowest BCUT2D eigenvalue weighted by molar-refractivity contribution is -0.129. The van der Waals surface area contributed by atoms with E-state index in [4.69, 9.17) is 0 Å². The molecule has 21 heavy (non-hydrogen) atoms. The molecule has 0 bridgehead atoms. The third kappa shape index (κ3) is 3.21. The number of hydrogen-bond acceptors (Lipinski definition) is 4. The van der Waals surface area contributed by atoms with E-state index in [9.17, 15) is 14.4 Å². The lowest BCUT2D eigenvalue weighted by atomic mass is 9.92. The Labute approximate surface area is 122 Å². The summed E-state index contributed by atoms with van der Waals surface area (Å²) in [5, 5.41) is 9.41. The maximum Gasteiger partial charge on any atom is 0.327 e. The summed E-state index contributed by atoms with van der Waals surface area (Å²) in [4.78, 5) is 37.3. The average Bonchev–Trinajstić information content (AvgIpc) is 2.90. The smallest absolute Gasteiger partial charge is 0.318 e. The number of nitrogens with one attached hydrogen (secondary N) is 2. The van der Waals surface area contributed by atoms with Crippen LogP contribution in [0.5, 0.6) is 0 Å². The molecule has 1 saturated heterocycles. The van der Waals surface area contributed by atoms with Gasteiger partial charge in [0.1, 0.15) is 13.1 Å². The van der Waals surface area contributed by atoms with E-state index in [0.29, 0.717) is 5.82 Å². The van der Waals surface area contributed by atoms with E-state index in [0.717, 1.165) is 10.6 Å². The average molecular weight is 293 g/mol. The number of likely N-dealkylation sites (N-methyl/N-ethyl adjacent to an activating group) is 1. The molecule has 8 nitrogen and oxygen atoms in total. The van der Waals surface area contributed by atoms with E-state index < -0.39 is 11.9 Å². The molecule has 0 aromatic carbocycles. The molecule has 1 aromatic rings. The summed E-state index contributed by atoms with van der Waals surface area (Å²) in [5.74, 6) is -0.466. The van der Waals surface area contributed by atoms with Crippen LogP contribution in [-0.2, 0) is 15.0 Å². The van der Waals surface area contributed by atoms with Crippen molar-refractivity contribution >= 4 is 23.7 Å². The van der Waals surface area contributed by atoms with E-state index in [1.54, 1.807) is 6.07 Å². The van der Waals surface area contributed by atoms with Crippen molar-refractivity contribution in [2.75, 3.05) is 25.5 Å². The second-order valence-electron chi connectivity index (χ2n) is 6.08. The van der Waals surface area contributed by atoms with Crippen LogP contribution in [0.4, 0.5) is 10.6 Å². The molecule has 8 heteroatoms. The molecule has 1 aliphatic rings. The predicted molar refractivity (Wildman–Crippen MR) is 75.7 cm³/mol. The molecule has 0 radical (unpaired) electrons. The van der Waals surface area contributed by atoms with Crippen molar-refractivity contribution < 1.29 is 14.4 Å². The molecule has 0 saturated carbocycles. The van der Waals surface area contributed by atoms with E-state index in [-0.39, 0.29) is 24.4 Å². The molecular formula is C13H19N5O3. The number of aromatic amines is 1. The molecule has 1 aliphatic heterocycles. The molecule has 0 spiro atoms. The molecule has 0 atom stereocenters. The fourth-order valence-corrected chi connectivity index (χ4v) is 1.92. The number of nitrogens with zero attached hydrogens (tertiary/aromatic N) is 3. The number of imide groups is 1. The monoisotopic (exact) mass is 293 g/mol. The van der Waals surface area contributed by atoms with E-state index in [1.165, 1.54) is 11.9 Å². The second-order valence-corrected chi connectivity index (χ2v) is 6.08. The van der Waals surface area contributed by atoms with Gasteiger partial charge in [0.15, 0.2) is 5.82 Å². The third-order valence-corrected chi connectivity index (χ3v) is 3.19. The van der Waals surface area contributed by atoms with Gasteiger partial charge in [-0.2, -0.15) is 5.10 Å². The van der Waals surface area contributed by atoms with Gasteiger partial charge in [-0.1, -0.05) is 20.8 Å². The van der Waals surface area contributed by atoms with Crippen LogP contribution in [0.1, 0.15) is 26.5 Å². The van der Waals surface area contributed by atoms with Crippen LogP contribution in [0.15, 0.2) is 6.07 Å². The molecule has 114 valence electrons. The highest BCUT2D eigenvalue weighted by atomic mass is 16.2. The van der Waals surface area contributed by atoms with Gasteiger partial charge in [0, 0.05) is 24.2 Å². The zero-order valence-corrected chi connectivity index (χ0v) is 12.6. The minimum Gasteiger partial charge on any atom is -0.318 e. The van der Waals surface area contributed by atoms with Crippen molar-refractivity contribution in [2.24, 2.45) is 0 Å². The van der Waals surface area contributed by atoms with Gasteiger partial charge < -0.3 is 10.2 Å². The second kappa shape index (κ2) is 5.19. The first-order valence-electron chi connectivity index (χ1n) is 6.59. The van der Waals surface area contributed by atoms with Gasteiger partial charge in [-0.3, -0.25) is 19.6 Å². The van der Waals surface area contributed by atoms with Crippen LogP contribution in [-0.4, -0.2) is 58.0 Å². The standard InChI is InChI=1S/C13H19N5O3/c1-13(2,3)8-5-9(16-15-8)14-10(19)6-18-11(20)7-17(4)12(18)21/h5H,6-7H2,1-4H3,(H2,14,15,16,19). The maximum atomic E-state index is 11.9. The number of anilines is 1. The van der Waals surface area contributed by atoms with Crippen molar-refractivity contribution in [1.29, 1.82) is 0 Å². The highest BCUT2D eigenvalue weighted by Crippen LogP contribution is 2.21. The lowest BCUT2D eigenvalue weighted by Gasteiger charge is -2.14. The Morgan fingerprint density at radius 3 is 2.57 bits per heavy atom. The lowest BCUT2D eigenvalue weighted by Crippen LogP contribution is -2.38. The summed E-state index contributed by atoms with van der Waals surface area (Å²) >= 11 is 0. The summed E-state index contributed by atoms with van der Waals surface area (Å²) in [6.07, 6.45) is 0. The summed E-state index contributed by atoms with van der Waals surface area (Å²) in [6.45, 7) is 5.75.